The molecule has 132 valence electrons. The molecule has 2 aliphatic rings. The normalized spacial score (nSPS) is 23.4. The van der Waals surface area contributed by atoms with Crippen LogP contribution in [0.4, 0.5) is 0 Å². The Hall–Kier alpha value is -1.43. The van der Waals surface area contributed by atoms with Gasteiger partial charge in [0.2, 0.25) is 0 Å². The Morgan fingerprint density at radius 3 is 2.42 bits per heavy atom. The highest BCUT2D eigenvalue weighted by atomic mass is 16.2. The molecule has 0 aromatic heterocycles. The summed E-state index contributed by atoms with van der Waals surface area (Å²) < 4.78 is 0. The SMILES string of the molecule is CN1CCCCC1CN1CCN(C(=O)c2ccc(CN)cc2)CC1. The van der Waals surface area contributed by atoms with Crippen molar-refractivity contribution in [2.75, 3.05) is 46.3 Å². The second kappa shape index (κ2) is 8.10. The van der Waals surface area contributed by atoms with Crippen LogP contribution in [0, 0.1) is 0 Å². The third-order valence-corrected chi connectivity index (χ3v) is 5.49. The van der Waals surface area contributed by atoms with Crippen LogP contribution in [0.2, 0.25) is 0 Å². The van der Waals surface area contributed by atoms with Gasteiger partial charge < -0.3 is 15.5 Å². The van der Waals surface area contributed by atoms with E-state index in [1.54, 1.807) is 0 Å². The number of nitrogens with zero attached hydrogens (tertiary/aromatic N) is 3. The first-order valence-corrected chi connectivity index (χ1v) is 9.18. The first kappa shape index (κ1) is 17.4. The fourth-order valence-corrected chi connectivity index (χ4v) is 3.77. The van der Waals surface area contributed by atoms with Crippen LogP contribution >= 0.6 is 0 Å². The smallest absolute Gasteiger partial charge is 0.253 e. The predicted molar refractivity (Wildman–Crippen MR) is 96.9 cm³/mol. The molecule has 1 amide bonds. The molecule has 0 aliphatic carbocycles. The number of amides is 1. The number of piperidine rings is 1. The number of likely N-dealkylation sites (N-methyl/N-ethyl adjacent to an activating group) is 1. The number of piperazine rings is 1. The largest absolute Gasteiger partial charge is 0.336 e. The lowest BCUT2D eigenvalue weighted by Gasteiger charge is -2.40. The van der Waals surface area contributed by atoms with Crippen molar-refractivity contribution in [2.24, 2.45) is 5.73 Å². The summed E-state index contributed by atoms with van der Waals surface area (Å²) in [6.07, 6.45) is 3.99. The number of carbonyl (C=O) groups excluding carboxylic acids is 1. The second-order valence-corrected chi connectivity index (χ2v) is 7.12. The molecule has 0 bridgehead atoms. The standard InChI is InChI=1S/C19H30N4O/c1-21-9-3-2-4-18(21)15-22-10-12-23(13-11-22)19(24)17-7-5-16(14-20)6-8-17/h5-8,18H,2-4,9-15,20H2,1H3. The van der Waals surface area contributed by atoms with Crippen LogP contribution in [0.3, 0.4) is 0 Å². The predicted octanol–water partition coefficient (Wildman–Crippen LogP) is 1.39. The van der Waals surface area contributed by atoms with Gasteiger partial charge in [-0.3, -0.25) is 9.69 Å². The van der Waals surface area contributed by atoms with Crippen molar-refractivity contribution in [1.29, 1.82) is 0 Å². The van der Waals surface area contributed by atoms with Crippen LogP contribution in [0.5, 0.6) is 0 Å². The molecule has 24 heavy (non-hydrogen) atoms. The summed E-state index contributed by atoms with van der Waals surface area (Å²) in [7, 11) is 2.24. The van der Waals surface area contributed by atoms with Crippen molar-refractivity contribution in [3.8, 4) is 0 Å². The third-order valence-electron chi connectivity index (χ3n) is 5.49. The topological polar surface area (TPSA) is 52.8 Å². The molecular weight excluding hydrogens is 300 g/mol. The summed E-state index contributed by atoms with van der Waals surface area (Å²) in [4.78, 5) is 19.6. The lowest BCUT2D eigenvalue weighted by molar-refractivity contribution is 0.0565. The number of hydrogen-bond donors (Lipinski definition) is 1. The lowest BCUT2D eigenvalue weighted by Crippen LogP contribution is -2.53. The van der Waals surface area contributed by atoms with E-state index in [4.69, 9.17) is 5.73 Å². The highest BCUT2D eigenvalue weighted by Crippen LogP contribution is 2.17. The van der Waals surface area contributed by atoms with Gasteiger partial charge in [-0.2, -0.15) is 0 Å². The Balaban J connectivity index is 1.49. The minimum absolute atomic E-state index is 0.146. The Bertz CT molecular complexity index is 537. The Morgan fingerprint density at radius 2 is 1.79 bits per heavy atom. The molecule has 5 nitrogen and oxygen atoms in total. The fourth-order valence-electron chi connectivity index (χ4n) is 3.77. The van der Waals surface area contributed by atoms with Gasteiger partial charge in [-0.15, -0.1) is 0 Å². The van der Waals surface area contributed by atoms with Crippen molar-refractivity contribution in [1.82, 2.24) is 14.7 Å². The molecular formula is C19H30N4O. The molecule has 1 aromatic rings. The molecule has 5 heteroatoms. The van der Waals surface area contributed by atoms with E-state index >= 15 is 0 Å². The quantitative estimate of drug-likeness (QED) is 0.906. The number of hydrogen-bond acceptors (Lipinski definition) is 4. The minimum atomic E-state index is 0.146. The van der Waals surface area contributed by atoms with Crippen LogP contribution in [-0.2, 0) is 6.54 Å². The van der Waals surface area contributed by atoms with E-state index in [1.165, 1.54) is 25.8 Å². The number of nitrogens with two attached hydrogens (primary N) is 1. The highest BCUT2D eigenvalue weighted by Gasteiger charge is 2.26. The molecule has 0 saturated carbocycles. The Morgan fingerprint density at radius 1 is 1.08 bits per heavy atom. The zero-order valence-electron chi connectivity index (χ0n) is 14.8. The Labute approximate surface area is 145 Å². The van der Waals surface area contributed by atoms with E-state index in [1.807, 2.05) is 29.2 Å². The third kappa shape index (κ3) is 4.15. The van der Waals surface area contributed by atoms with Gasteiger partial charge in [-0.25, -0.2) is 0 Å². The van der Waals surface area contributed by atoms with E-state index in [-0.39, 0.29) is 5.91 Å². The van der Waals surface area contributed by atoms with Gasteiger partial charge in [0.15, 0.2) is 0 Å². The first-order valence-electron chi connectivity index (χ1n) is 9.18. The molecule has 2 saturated heterocycles. The summed E-state index contributed by atoms with van der Waals surface area (Å²) in [6, 6.07) is 8.37. The average molecular weight is 330 g/mol. The summed E-state index contributed by atoms with van der Waals surface area (Å²) >= 11 is 0. The van der Waals surface area contributed by atoms with E-state index in [9.17, 15) is 4.79 Å². The van der Waals surface area contributed by atoms with Gasteiger partial charge >= 0.3 is 0 Å². The maximum absolute atomic E-state index is 12.6. The molecule has 2 fully saturated rings. The molecule has 1 aromatic carbocycles. The molecule has 1 atom stereocenters. The van der Waals surface area contributed by atoms with Crippen LogP contribution in [0.25, 0.3) is 0 Å². The molecule has 2 aliphatic heterocycles. The molecule has 2 heterocycles. The first-order chi connectivity index (χ1) is 11.7. The van der Waals surface area contributed by atoms with Crippen LogP contribution in [0.15, 0.2) is 24.3 Å². The van der Waals surface area contributed by atoms with Gasteiger partial charge in [0.25, 0.3) is 5.91 Å². The summed E-state index contributed by atoms with van der Waals surface area (Å²) in [6.45, 7) is 6.50. The van der Waals surface area contributed by atoms with E-state index in [0.717, 1.165) is 43.9 Å². The molecule has 0 radical (unpaired) electrons. The maximum atomic E-state index is 12.6. The monoisotopic (exact) mass is 330 g/mol. The van der Waals surface area contributed by atoms with Gasteiger partial charge in [-0.05, 0) is 44.1 Å². The maximum Gasteiger partial charge on any atom is 0.253 e. The summed E-state index contributed by atoms with van der Waals surface area (Å²) in [5.41, 5.74) is 7.45. The summed E-state index contributed by atoms with van der Waals surface area (Å²) in [5.74, 6) is 0.146. The molecule has 1 unspecified atom stereocenters. The van der Waals surface area contributed by atoms with Gasteiger partial charge in [-0.1, -0.05) is 18.6 Å². The van der Waals surface area contributed by atoms with Gasteiger partial charge in [0.05, 0.1) is 0 Å². The van der Waals surface area contributed by atoms with Crippen LogP contribution < -0.4 is 5.73 Å². The number of benzene rings is 1. The van der Waals surface area contributed by atoms with Crippen molar-refractivity contribution < 1.29 is 4.79 Å². The second-order valence-electron chi connectivity index (χ2n) is 7.12. The Kier molecular flexibility index (Phi) is 5.87. The number of likely N-dealkylation sites (tertiary alicyclic amines) is 1. The molecule has 2 N–H and O–H groups in total. The fraction of sp³-hybridized carbons (Fsp3) is 0.632. The lowest BCUT2D eigenvalue weighted by atomic mass is 10.0. The van der Waals surface area contributed by atoms with Crippen LogP contribution in [0.1, 0.15) is 35.2 Å². The van der Waals surface area contributed by atoms with Crippen molar-refractivity contribution in [2.45, 2.75) is 31.8 Å². The number of carbonyl (C=O) groups is 1. The molecule has 3 rings (SSSR count). The highest BCUT2D eigenvalue weighted by molar-refractivity contribution is 5.94. The van der Waals surface area contributed by atoms with Gasteiger partial charge in [0.1, 0.15) is 0 Å². The zero-order chi connectivity index (χ0) is 16.9. The minimum Gasteiger partial charge on any atom is -0.336 e. The van der Waals surface area contributed by atoms with E-state index < -0.39 is 0 Å². The molecule has 0 spiro atoms. The van der Waals surface area contributed by atoms with Crippen molar-refractivity contribution in [3.05, 3.63) is 35.4 Å². The average Bonchev–Trinajstić information content (AvgIpc) is 2.64. The van der Waals surface area contributed by atoms with Crippen LogP contribution in [-0.4, -0.2) is 73.0 Å². The van der Waals surface area contributed by atoms with E-state index in [2.05, 4.69) is 16.8 Å². The van der Waals surface area contributed by atoms with E-state index in [0.29, 0.717) is 12.6 Å². The number of rotatable bonds is 4. The zero-order valence-corrected chi connectivity index (χ0v) is 14.8. The van der Waals surface area contributed by atoms with Crippen molar-refractivity contribution >= 4 is 5.91 Å². The summed E-state index contributed by atoms with van der Waals surface area (Å²) in [5, 5.41) is 0. The van der Waals surface area contributed by atoms with Crippen molar-refractivity contribution in [3.63, 3.8) is 0 Å². The van der Waals surface area contributed by atoms with Gasteiger partial charge in [0, 0.05) is 50.9 Å².